The molecule has 72 valence electrons. The van der Waals surface area contributed by atoms with Crippen LogP contribution >= 0.6 is 15.9 Å². The van der Waals surface area contributed by atoms with Crippen LogP contribution < -0.4 is 5.90 Å². The largest absolute Gasteiger partial charge is 0.304 e. The summed E-state index contributed by atoms with van der Waals surface area (Å²) in [5.74, 6) is 4.77. The number of benzene rings is 1. The Bertz CT molecular complexity index is 293. The van der Waals surface area contributed by atoms with Gasteiger partial charge in [0.05, 0.1) is 11.1 Å². The molecule has 0 fully saturated rings. The van der Waals surface area contributed by atoms with Crippen LogP contribution in [0.4, 0.5) is 4.39 Å². The van der Waals surface area contributed by atoms with Crippen molar-refractivity contribution in [3.8, 4) is 0 Å². The Morgan fingerprint density at radius 3 is 2.85 bits per heavy atom. The zero-order valence-electron chi connectivity index (χ0n) is 7.26. The van der Waals surface area contributed by atoms with Gasteiger partial charge in [0.2, 0.25) is 0 Å². The molecule has 0 bridgehead atoms. The average Bonchev–Trinajstić information content (AvgIpc) is 2.10. The van der Waals surface area contributed by atoms with E-state index < -0.39 is 0 Å². The zero-order valence-corrected chi connectivity index (χ0v) is 8.84. The van der Waals surface area contributed by atoms with Crippen molar-refractivity contribution in [3.05, 3.63) is 34.1 Å². The highest BCUT2D eigenvalue weighted by Gasteiger charge is 2.07. The quantitative estimate of drug-likeness (QED) is 0.834. The SMILES string of the molecule is CC(CON)c1ccc(Br)c(F)c1. The molecule has 0 saturated heterocycles. The van der Waals surface area contributed by atoms with Crippen molar-refractivity contribution < 1.29 is 9.23 Å². The predicted octanol–water partition coefficient (Wildman–Crippen LogP) is 2.58. The lowest BCUT2D eigenvalue weighted by Crippen LogP contribution is -2.08. The predicted molar refractivity (Wildman–Crippen MR) is 52.7 cm³/mol. The molecule has 0 aliphatic heterocycles. The standard InChI is InChI=1S/C9H11BrFNO/c1-6(5-13-12)7-2-3-8(10)9(11)4-7/h2-4,6H,5,12H2,1H3. The van der Waals surface area contributed by atoms with E-state index in [1.54, 1.807) is 6.07 Å². The van der Waals surface area contributed by atoms with Gasteiger partial charge in [0.15, 0.2) is 0 Å². The van der Waals surface area contributed by atoms with Crippen molar-refractivity contribution in [2.24, 2.45) is 5.90 Å². The Morgan fingerprint density at radius 2 is 2.31 bits per heavy atom. The molecule has 13 heavy (non-hydrogen) atoms. The van der Waals surface area contributed by atoms with Crippen LogP contribution in [0.1, 0.15) is 18.4 Å². The first-order chi connectivity index (χ1) is 6.15. The van der Waals surface area contributed by atoms with Crippen LogP contribution in [0.5, 0.6) is 0 Å². The fourth-order valence-electron chi connectivity index (χ4n) is 1.06. The molecule has 0 amide bonds. The van der Waals surface area contributed by atoms with Gasteiger partial charge in [-0.1, -0.05) is 13.0 Å². The van der Waals surface area contributed by atoms with Crippen molar-refractivity contribution >= 4 is 15.9 Å². The molecule has 1 aromatic carbocycles. The first-order valence-electron chi connectivity index (χ1n) is 3.91. The molecule has 0 saturated carbocycles. The van der Waals surface area contributed by atoms with Gasteiger partial charge in [-0.3, -0.25) is 0 Å². The molecular weight excluding hydrogens is 237 g/mol. The first-order valence-corrected chi connectivity index (χ1v) is 4.71. The number of nitrogens with two attached hydrogens (primary N) is 1. The van der Waals surface area contributed by atoms with Crippen molar-refractivity contribution in [2.45, 2.75) is 12.8 Å². The van der Waals surface area contributed by atoms with Crippen LogP contribution in [0.2, 0.25) is 0 Å². The third-order valence-electron chi connectivity index (χ3n) is 1.86. The van der Waals surface area contributed by atoms with Crippen molar-refractivity contribution in [1.82, 2.24) is 0 Å². The minimum Gasteiger partial charge on any atom is -0.304 e. The molecule has 1 atom stereocenters. The summed E-state index contributed by atoms with van der Waals surface area (Å²) in [5.41, 5.74) is 0.881. The highest BCUT2D eigenvalue weighted by Crippen LogP contribution is 2.21. The number of hydrogen-bond donors (Lipinski definition) is 1. The van der Waals surface area contributed by atoms with E-state index in [1.165, 1.54) is 6.07 Å². The molecule has 0 aliphatic carbocycles. The summed E-state index contributed by atoms with van der Waals surface area (Å²) in [7, 11) is 0. The van der Waals surface area contributed by atoms with E-state index in [2.05, 4.69) is 20.8 Å². The van der Waals surface area contributed by atoms with Crippen LogP contribution in [0.3, 0.4) is 0 Å². The van der Waals surface area contributed by atoms with Gasteiger partial charge in [-0.15, -0.1) is 0 Å². The van der Waals surface area contributed by atoms with Gasteiger partial charge in [-0.2, -0.15) is 0 Å². The highest BCUT2D eigenvalue weighted by molar-refractivity contribution is 9.10. The minimum absolute atomic E-state index is 0.104. The van der Waals surface area contributed by atoms with E-state index in [1.807, 2.05) is 13.0 Å². The van der Waals surface area contributed by atoms with Crippen LogP contribution in [0.15, 0.2) is 22.7 Å². The lowest BCUT2D eigenvalue weighted by Gasteiger charge is -2.10. The lowest BCUT2D eigenvalue weighted by molar-refractivity contribution is 0.126. The minimum atomic E-state index is -0.263. The monoisotopic (exact) mass is 247 g/mol. The fourth-order valence-corrected chi connectivity index (χ4v) is 1.31. The maximum atomic E-state index is 13.1. The second-order valence-electron chi connectivity index (χ2n) is 2.91. The molecule has 4 heteroatoms. The van der Waals surface area contributed by atoms with Crippen LogP contribution in [-0.4, -0.2) is 6.61 Å². The fraction of sp³-hybridized carbons (Fsp3) is 0.333. The average molecular weight is 248 g/mol. The van der Waals surface area contributed by atoms with Crippen LogP contribution in [-0.2, 0) is 4.84 Å². The molecule has 1 rings (SSSR count). The van der Waals surface area contributed by atoms with Crippen LogP contribution in [0, 0.1) is 5.82 Å². The Hall–Kier alpha value is -0.450. The lowest BCUT2D eigenvalue weighted by atomic mass is 10.0. The molecule has 0 aliphatic rings. The van der Waals surface area contributed by atoms with E-state index in [0.717, 1.165) is 5.56 Å². The first kappa shape index (κ1) is 10.6. The molecular formula is C9H11BrFNO. The third-order valence-corrected chi connectivity index (χ3v) is 2.50. The molecule has 1 unspecified atom stereocenters. The van der Waals surface area contributed by atoms with Gasteiger partial charge in [-0.25, -0.2) is 10.3 Å². The van der Waals surface area contributed by atoms with Crippen LogP contribution in [0.25, 0.3) is 0 Å². The van der Waals surface area contributed by atoms with Gasteiger partial charge >= 0.3 is 0 Å². The second kappa shape index (κ2) is 4.69. The third kappa shape index (κ3) is 2.76. The van der Waals surface area contributed by atoms with Crippen molar-refractivity contribution in [3.63, 3.8) is 0 Å². The summed E-state index contributed by atoms with van der Waals surface area (Å²) in [6.45, 7) is 2.32. The molecule has 2 nitrogen and oxygen atoms in total. The summed E-state index contributed by atoms with van der Waals surface area (Å²) >= 11 is 3.09. The van der Waals surface area contributed by atoms with Gasteiger partial charge in [0.1, 0.15) is 5.82 Å². The van der Waals surface area contributed by atoms with E-state index in [0.29, 0.717) is 11.1 Å². The van der Waals surface area contributed by atoms with E-state index >= 15 is 0 Å². The van der Waals surface area contributed by atoms with Gasteiger partial charge in [-0.05, 0) is 33.6 Å². The van der Waals surface area contributed by atoms with E-state index in [9.17, 15) is 4.39 Å². The summed E-state index contributed by atoms with van der Waals surface area (Å²) in [6, 6.07) is 5.00. The summed E-state index contributed by atoms with van der Waals surface area (Å²) in [5, 5.41) is 0. The molecule has 0 radical (unpaired) electrons. The van der Waals surface area contributed by atoms with E-state index in [4.69, 9.17) is 5.90 Å². The maximum absolute atomic E-state index is 13.1. The smallest absolute Gasteiger partial charge is 0.137 e. The normalized spacial score (nSPS) is 12.9. The molecule has 0 heterocycles. The topological polar surface area (TPSA) is 35.2 Å². The Morgan fingerprint density at radius 1 is 1.62 bits per heavy atom. The van der Waals surface area contributed by atoms with Crippen molar-refractivity contribution in [2.75, 3.05) is 6.61 Å². The van der Waals surface area contributed by atoms with Gasteiger partial charge in [0, 0.05) is 5.92 Å². The highest BCUT2D eigenvalue weighted by atomic mass is 79.9. The zero-order chi connectivity index (χ0) is 9.84. The summed E-state index contributed by atoms with van der Waals surface area (Å²) < 4.78 is 13.5. The van der Waals surface area contributed by atoms with Gasteiger partial charge in [0.25, 0.3) is 0 Å². The second-order valence-corrected chi connectivity index (χ2v) is 3.76. The Balaban J connectivity index is 2.84. The van der Waals surface area contributed by atoms with Gasteiger partial charge < -0.3 is 4.84 Å². The summed E-state index contributed by atoms with van der Waals surface area (Å²) in [4.78, 5) is 4.49. The molecule has 0 spiro atoms. The van der Waals surface area contributed by atoms with E-state index in [-0.39, 0.29) is 11.7 Å². The van der Waals surface area contributed by atoms with Crippen molar-refractivity contribution in [1.29, 1.82) is 0 Å². The summed E-state index contributed by atoms with van der Waals surface area (Å²) in [6.07, 6.45) is 0. The maximum Gasteiger partial charge on any atom is 0.137 e. The Labute approximate surface area is 85.0 Å². The molecule has 2 N–H and O–H groups in total. The number of halogens is 2. The Kier molecular flexibility index (Phi) is 3.84. The molecule has 0 aromatic heterocycles. The number of hydrogen-bond acceptors (Lipinski definition) is 2. The number of rotatable bonds is 3. The molecule has 1 aromatic rings.